The Labute approximate surface area is 114 Å². The summed E-state index contributed by atoms with van der Waals surface area (Å²) in [5.74, 6) is 1.99. The van der Waals surface area contributed by atoms with Gasteiger partial charge in [0, 0.05) is 31.9 Å². The molecule has 2 aromatic rings. The first-order valence-electron chi connectivity index (χ1n) is 6.60. The second-order valence-electron chi connectivity index (χ2n) is 4.51. The van der Waals surface area contributed by atoms with E-state index >= 15 is 0 Å². The SMILES string of the molecule is CCOc1cccc(C(Cc2nccn2C)NC)c1. The minimum Gasteiger partial charge on any atom is -0.494 e. The van der Waals surface area contributed by atoms with Gasteiger partial charge < -0.3 is 14.6 Å². The molecule has 0 fully saturated rings. The number of nitrogens with zero attached hydrogens (tertiary/aromatic N) is 2. The molecular formula is C15H21N3O. The van der Waals surface area contributed by atoms with E-state index in [4.69, 9.17) is 4.74 Å². The van der Waals surface area contributed by atoms with Gasteiger partial charge >= 0.3 is 0 Å². The lowest BCUT2D eigenvalue weighted by Crippen LogP contribution is -2.20. The number of hydrogen-bond acceptors (Lipinski definition) is 3. The number of nitrogens with one attached hydrogen (secondary N) is 1. The van der Waals surface area contributed by atoms with Gasteiger partial charge in [0.25, 0.3) is 0 Å². The molecule has 1 atom stereocenters. The molecule has 0 aliphatic carbocycles. The molecule has 1 heterocycles. The first kappa shape index (κ1) is 13.6. The zero-order chi connectivity index (χ0) is 13.7. The molecule has 0 spiro atoms. The average Bonchev–Trinajstić information content (AvgIpc) is 2.82. The van der Waals surface area contributed by atoms with Crippen molar-refractivity contribution in [3.05, 3.63) is 48.0 Å². The lowest BCUT2D eigenvalue weighted by atomic mass is 10.0. The molecular weight excluding hydrogens is 238 g/mol. The number of aryl methyl sites for hydroxylation is 1. The molecule has 0 saturated heterocycles. The minimum absolute atomic E-state index is 0.238. The molecule has 1 N–H and O–H groups in total. The van der Waals surface area contributed by atoms with E-state index in [-0.39, 0.29) is 6.04 Å². The Kier molecular flexibility index (Phi) is 4.58. The summed E-state index contributed by atoms with van der Waals surface area (Å²) in [4.78, 5) is 4.38. The maximum atomic E-state index is 5.55. The van der Waals surface area contributed by atoms with Crippen LogP contribution in [0.2, 0.25) is 0 Å². The van der Waals surface area contributed by atoms with Gasteiger partial charge in [0.2, 0.25) is 0 Å². The predicted molar refractivity (Wildman–Crippen MR) is 76.3 cm³/mol. The third-order valence-corrected chi connectivity index (χ3v) is 3.23. The Hall–Kier alpha value is -1.81. The van der Waals surface area contributed by atoms with Crippen molar-refractivity contribution in [2.75, 3.05) is 13.7 Å². The van der Waals surface area contributed by atoms with Crippen LogP contribution < -0.4 is 10.1 Å². The van der Waals surface area contributed by atoms with Crippen molar-refractivity contribution in [2.24, 2.45) is 7.05 Å². The number of hydrogen-bond donors (Lipinski definition) is 1. The molecule has 1 aromatic heterocycles. The van der Waals surface area contributed by atoms with Gasteiger partial charge in [0.15, 0.2) is 0 Å². The summed E-state index contributed by atoms with van der Waals surface area (Å²) in [6.07, 6.45) is 4.66. The van der Waals surface area contributed by atoms with Crippen LogP contribution in [-0.4, -0.2) is 23.2 Å². The predicted octanol–water partition coefficient (Wildman–Crippen LogP) is 2.32. The van der Waals surface area contributed by atoms with Crippen molar-refractivity contribution in [2.45, 2.75) is 19.4 Å². The lowest BCUT2D eigenvalue weighted by molar-refractivity contribution is 0.339. The summed E-state index contributed by atoms with van der Waals surface area (Å²) in [5.41, 5.74) is 1.22. The monoisotopic (exact) mass is 259 g/mol. The van der Waals surface area contributed by atoms with Crippen molar-refractivity contribution in [1.29, 1.82) is 0 Å². The molecule has 1 unspecified atom stereocenters. The molecule has 19 heavy (non-hydrogen) atoms. The van der Waals surface area contributed by atoms with Crippen LogP contribution >= 0.6 is 0 Å². The standard InChI is InChI=1S/C15H21N3O/c1-4-19-13-7-5-6-12(10-13)14(16-2)11-15-17-8-9-18(15)3/h5-10,14,16H,4,11H2,1-3H3. The van der Waals surface area contributed by atoms with Crippen LogP contribution in [0.15, 0.2) is 36.7 Å². The Morgan fingerprint density at radius 1 is 1.42 bits per heavy atom. The van der Waals surface area contributed by atoms with E-state index in [1.165, 1.54) is 5.56 Å². The Bertz CT molecular complexity index is 522. The molecule has 0 radical (unpaired) electrons. The molecule has 1 aromatic carbocycles. The van der Waals surface area contributed by atoms with Crippen molar-refractivity contribution in [1.82, 2.24) is 14.9 Å². The Balaban J connectivity index is 2.17. The highest BCUT2D eigenvalue weighted by molar-refractivity contribution is 5.31. The first-order chi connectivity index (χ1) is 9.24. The third-order valence-electron chi connectivity index (χ3n) is 3.23. The number of rotatable bonds is 6. The first-order valence-corrected chi connectivity index (χ1v) is 6.60. The molecule has 0 bridgehead atoms. The fraction of sp³-hybridized carbons (Fsp3) is 0.400. The maximum absolute atomic E-state index is 5.55. The summed E-state index contributed by atoms with van der Waals surface area (Å²) >= 11 is 0. The maximum Gasteiger partial charge on any atom is 0.119 e. The van der Waals surface area contributed by atoms with E-state index in [2.05, 4.69) is 27.0 Å². The van der Waals surface area contributed by atoms with Crippen LogP contribution in [0.1, 0.15) is 24.4 Å². The number of ether oxygens (including phenoxy) is 1. The molecule has 0 saturated carbocycles. The molecule has 0 aliphatic heterocycles. The topological polar surface area (TPSA) is 39.1 Å². The second kappa shape index (κ2) is 6.38. The minimum atomic E-state index is 0.238. The fourth-order valence-electron chi connectivity index (χ4n) is 2.15. The van der Waals surface area contributed by atoms with Crippen LogP contribution in [0.3, 0.4) is 0 Å². The van der Waals surface area contributed by atoms with Crippen LogP contribution in [0.25, 0.3) is 0 Å². The van der Waals surface area contributed by atoms with E-state index in [9.17, 15) is 0 Å². The van der Waals surface area contributed by atoms with Gasteiger partial charge in [-0.05, 0) is 31.7 Å². The van der Waals surface area contributed by atoms with E-state index in [0.717, 1.165) is 18.0 Å². The summed E-state index contributed by atoms with van der Waals surface area (Å²) in [6, 6.07) is 8.46. The summed E-state index contributed by atoms with van der Waals surface area (Å²) < 4.78 is 7.60. The van der Waals surface area contributed by atoms with Crippen LogP contribution in [-0.2, 0) is 13.5 Å². The van der Waals surface area contributed by atoms with Crippen LogP contribution in [0.4, 0.5) is 0 Å². The summed E-state index contributed by atoms with van der Waals surface area (Å²) in [7, 11) is 3.99. The Morgan fingerprint density at radius 3 is 2.89 bits per heavy atom. The quantitative estimate of drug-likeness (QED) is 0.865. The van der Waals surface area contributed by atoms with E-state index in [1.807, 2.05) is 45.5 Å². The normalized spacial score (nSPS) is 12.4. The molecule has 4 nitrogen and oxygen atoms in total. The van der Waals surface area contributed by atoms with Gasteiger partial charge in [-0.3, -0.25) is 0 Å². The molecule has 4 heteroatoms. The van der Waals surface area contributed by atoms with Crippen molar-refractivity contribution in [3.63, 3.8) is 0 Å². The number of aromatic nitrogens is 2. The highest BCUT2D eigenvalue weighted by atomic mass is 16.5. The summed E-state index contributed by atoms with van der Waals surface area (Å²) in [5, 5.41) is 3.34. The molecule has 2 rings (SSSR count). The largest absolute Gasteiger partial charge is 0.494 e. The van der Waals surface area contributed by atoms with Crippen molar-refractivity contribution in [3.8, 4) is 5.75 Å². The third kappa shape index (κ3) is 3.35. The van der Waals surface area contributed by atoms with Crippen LogP contribution in [0.5, 0.6) is 5.75 Å². The Morgan fingerprint density at radius 2 is 2.26 bits per heavy atom. The van der Waals surface area contributed by atoms with Gasteiger partial charge in [0.05, 0.1) is 6.61 Å². The van der Waals surface area contributed by atoms with Gasteiger partial charge in [-0.25, -0.2) is 4.98 Å². The van der Waals surface area contributed by atoms with Crippen LogP contribution in [0, 0.1) is 0 Å². The van der Waals surface area contributed by atoms with Gasteiger partial charge in [-0.1, -0.05) is 12.1 Å². The molecule has 0 amide bonds. The lowest BCUT2D eigenvalue weighted by Gasteiger charge is -2.17. The number of imidazole rings is 1. The highest BCUT2D eigenvalue weighted by Crippen LogP contribution is 2.21. The molecule has 0 aliphatic rings. The second-order valence-corrected chi connectivity index (χ2v) is 4.51. The van der Waals surface area contributed by atoms with E-state index in [1.54, 1.807) is 0 Å². The fourth-order valence-corrected chi connectivity index (χ4v) is 2.15. The zero-order valence-electron chi connectivity index (χ0n) is 11.8. The summed E-state index contributed by atoms with van der Waals surface area (Å²) in [6.45, 7) is 2.68. The van der Waals surface area contributed by atoms with E-state index in [0.29, 0.717) is 6.61 Å². The molecule has 102 valence electrons. The number of benzene rings is 1. The van der Waals surface area contributed by atoms with E-state index < -0.39 is 0 Å². The van der Waals surface area contributed by atoms with Gasteiger partial charge in [-0.15, -0.1) is 0 Å². The zero-order valence-corrected chi connectivity index (χ0v) is 11.8. The van der Waals surface area contributed by atoms with Gasteiger partial charge in [-0.2, -0.15) is 0 Å². The van der Waals surface area contributed by atoms with Gasteiger partial charge in [0.1, 0.15) is 11.6 Å². The highest BCUT2D eigenvalue weighted by Gasteiger charge is 2.13. The van der Waals surface area contributed by atoms with Crippen molar-refractivity contribution >= 4 is 0 Å². The number of likely N-dealkylation sites (N-methyl/N-ethyl adjacent to an activating group) is 1. The van der Waals surface area contributed by atoms with Crippen molar-refractivity contribution < 1.29 is 4.74 Å². The smallest absolute Gasteiger partial charge is 0.119 e. The average molecular weight is 259 g/mol.